The number of aryl methyl sites for hydroxylation is 1. The van der Waals surface area contributed by atoms with Gasteiger partial charge in [-0.2, -0.15) is 0 Å². The number of carbonyl (C=O) groups excluding carboxylic acids is 2. The Labute approximate surface area is 150 Å². The molecule has 2 saturated heterocycles. The molecule has 136 valence electrons. The zero-order chi connectivity index (χ0) is 17.8. The van der Waals surface area contributed by atoms with Crippen molar-refractivity contribution in [3.63, 3.8) is 0 Å². The summed E-state index contributed by atoms with van der Waals surface area (Å²) in [6, 6.07) is 10.6. The van der Waals surface area contributed by atoms with Crippen LogP contribution in [0.15, 0.2) is 30.3 Å². The normalized spacial score (nSPS) is 24.3. The fourth-order valence-electron chi connectivity index (χ4n) is 4.12. The van der Waals surface area contributed by atoms with Gasteiger partial charge in [-0.1, -0.05) is 37.3 Å². The van der Waals surface area contributed by atoms with Gasteiger partial charge in [0, 0.05) is 38.5 Å². The molecule has 5 heteroatoms. The Balaban J connectivity index is 1.39. The van der Waals surface area contributed by atoms with Crippen molar-refractivity contribution in [2.24, 2.45) is 23.5 Å². The third-order valence-corrected chi connectivity index (χ3v) is 5.66. The largest absolute Gasteiger partial charge is 0.369 e. The average Bonchev–Trinajstić information content (AvgIpc) is 3.14. The van der Waals surface area contributed by atoms with Crippen LogP contribution < -0.4 is 5.73 Å². The molecule has 0 spiro atoms. The molecule has 1 aromatic carbocycles. The molecule has 2 N–H and O–H groups in total. The van der Waals surface area contributed by atoms with Crippen LogP contribution in [0.3, 0.4) is 0 Å². The first-order valence-corrected chi connectivity index (χ1v) is 9.36. The molecular weight excluding hydrogens is 314 g/mol. The van der Waals surface area contributed by atoms with Gasteiger partial charge in [0.05, 0.1) is 0 Å². The summed E-state index contributed by atoms with van der Waals surface area (Å²) in [7, 11) is 0. The highest BCUT2D eigenvalue weighted by Crippen LogP contribution is 2.31. The van der Waals surface area contributed by atoms with Gasteiger partial charge in [0.2, 0.25) is 11.8 Å². The molecule has 3 atom stereocenters. The Morgan fingerprint density at radius 3 is 2.36 bits per heavy atom. The van der Waals surface area contributed by atoms with Crippen LogP contribution in [0.4, 0.5) is 0 Å². The minimum Gasteiger partial charge on any atom is -0.369 e. The summed E-state index contributed by atoms with van der Waals surface area (Å²) in [5.74, 6) is 0.491. The molecule has 2 fully saturated rings. The van der Waals surface area contributed by atoms with Crippen molar-refractivity contribution < 1.29 is 9.59 Å². The predicted molar refractivity (Wildman–Crippen MR) is 97.7 cm³/mol. The zero-order valence-electron chi connectivity index (χ0n) is 15.1. The van der Waals surface area contributed by atoms with Gasteiger partial charge in [0.1, 0.15) is 0 Å². The van der Waals surface area contributed by atoms with E-state index in [0.29, 0.717) is 11.8 Å². The summed E-state index contributed by atoms with van der Waals surface area (Å²) in [5.41, 5.74) is 6.67. The Morgan fingerprint density at radius 1 is 1.12 bits per heavy atom. The minimum absolute atomic E-state index is 0.0799. The average molecular weight is 343 g/mol. The number of benzene rings is 1. The monoisotopic (exact) mass is 343 g/mol. The third kappa shape index (κ3) is 4.60. The van der Waals surface area contributed by atoms with E-state index in [1.807, 2.05) is 4.90 Å². The van der Waals surface area contributed by atoms with Gasteiger partial charge in [0.25, 0.3) is 0 Å². The van der Waals surface area contributed by atoms with E-state index in [0.717, 1.165) is 39.1 Å². The number of amides is 2. The summed E-state index contributed by atoms with van der Waals surface area (Å²) < 4.78 is 0. The number of rotatable bonds is 7. The first-order valence-electron chi connectivity index (χ1n) is 9.36. The zero-order valence-corrected chi connectivity index (χ0v) is 15.1. The van der Waals surface area contributed by atoms with E-state index in [9.17, 15) is 9.59 Å². The highest BCUT2D eigenvalue weighted by atomic mass is 16.2. The molecule has 0 radical (unpaired) electrons. The molecule has 2 amide bonds. The molecule has 0 aliphatic carbocycles. The molecule has 3 rings (SSSR count). The lowest BCUT2D eigenvalue weighted by Gasteiger charge is -2.22. The van der Waals surface area contributed by atoms with Crippen LogP contribution in [0.2, 0.25) is 0 Å². The van der Waals surface area contributed by atoms with Crippen LogP contribution in [-0.4, -0.2) is 54.3 Å². The molecule has 1 aromatic rings. The van der Waals surface area contributed by atoms with Crippen molar-refractivity contribution in [1.82, 2.24) is 9.80 Å². The van der Waals surface area contributed by atoms with Crippen LogP contribution in [0.5, 0.6) is 0 Å². The first-order chi connectivity index (χ1) is 12.0. The molecule has 2 aliphatic rings. The van der Waals surface area contributed by atoms with Gasteiger partial charge in [0.15, 0.2) is 0 Å². The van der Waals surface area contributed by atoms with Crippen LogP contribution in [0.25, 0.3) is 0 Å². The predicted octanol–water partition coefficient (Wildman–Crippen LogP) is 1.52. The Morgan fingerprint density at radius 2 is 1.76 bits per heavy atom. The Kier molecular flexibility index (Phi) is 5.74. The second-order valence-corrected chi connectivity index (χ2v) is 7.68. The SMILES string of the molecule is CC(CC(=O)N1CC2CN(CCCc3ccccc3)C[C@H]2C1)C(N)=O. The molecule has 5 nitrogen and oxygen atoms in total. The van der Waals surface area contributed by atoms with E-state index in [1.165, 1.54) is 12.0 Å². The van der Waals surface area contributed by atoms with E-state index in [2.05, 4.69) is 35.2 Å². The second-order valence-electron chi connectivity index (χ2n) is 7.68. The number of primary amides is 1. The maximum Gasteiger partial charge on any atom is 0.223 e. The molecule has 2 aliphatic heterocycles. The summed E-state index contributed by atoms with van der Waals surface area (Å²) in [4.78, 5) is 27.9. The molecule has 0 aromatic heterocycles. The van der Waals surface area contributed by atoms with Gasteiger partial charge in [-0.3, -0.25) is 9.59 Å². The fourth-order valence-corrected chi connectivity index (χ4v) is 4.12. The number of hydrogen-bond donors (Lipinski definition) is 1. The lowest BCUT2D eigenvalue weighted by atomic mass is 10.0. The van der Waals surface area contributed by atoms with Gasteiger partial charge in [-0.05, 0) is 36.8 Å². The van der Waals surface area contributed by atoms with Crippen molar-refractivity contribution in [2.45, 2.75) is 26.2 Å². The lowest BCUT2D eigenvalue weighted by molar-refractivity contribution is -0.134. The van der Waals surface area contributed by atoms with Gasteiger partial charge < -0.3 is 15.5 Å². The molecule has 0 saturated carbocycles. The van der Waals surface area contributed by atoms with Crippen molar-refractivity contribution in [3.8, 4) is 0 Å². The lowest BCUT2D eigenvalue weighted by Crippen LogP contribution is -2.35. The van der Waals surface area contributed by atoms with E-state index in [-0.39, 0.29) is 18.2 Å². The smallest absolute Gasteiger partial charge is 0.223 e. The maximum atomic E-state index is 12.3. The summed E-state index contributed by atoms with van der Waals surface area (Å²) >= 11 is 0. The second kappa shape index (κ2) is 8.00. The van der Waals surface area contributed by atoms with E-state index in [4.69, 9.17) is 5.73 Å². The van der Waals surface area contributed by atoms with Crippen LogP contribution in [0, 0.1) is 17.8 Å². The topological polar surface area (TPSA) is 66.6 Å². The molecule has 2 unspecified atom stereocenters. The molecular formula is C20H29N3O2. The van der Waals surface area contributed by atoms with E-state index in [1.54, 1.807) is 6.92 Å². The summed E-state index contributed by atoms with van der Waals surface area (Å²) in [6.45, 7) is 6.72. The highest BCUT2D eigenvalue weighted by Gasteiger charge is 2.41. The standard InChI is InChI=1S/C20H29N3O2/c1-15(20(21)25)10-19(24)23-13-17-11-22(12-18(17)14-23)9-5-8-16-6-3-2-4-7-16/h2-4,6-7,15,17-18H,5,8-14H2,1H3,(H2,21,25)/t15?,17-,18?/m0/s1. The molecule has 2 heterocycles. The number of carbonyl (C=O) groups is 2. The number of nitrogens with two attached hydrogens (primary N) is 1. The van der Waals surface area contributed by atoms with Gasteiger partial charge in [-0.25, -0.2) is 0 Å². The van der Waals surface area contributed by atoms with Crippen molar-refractivity contribution >= 4 is 11.8 Å². The number of hydrogen-bond acceptors (Lipinski definition) is 3. The van der Waals surface area contributed by atoms with Crippen LogP contribution in [0.1, 0.15) is 25.3 Å². The number of likely N-dealkylation sites (tertiary alicyclic amines) is 2. The Bertz CT molecular complexity index is 590. The number of fused-ring (bicyclic) bond motifs is 1. The fraction of sp³-hybridized carbons (Fsp3) is 0.600. The third-order valence-electron chi connectivity index (χ3n) is 5.66. The van der Waals surface area contributed by atoms with Crippen LogP contribution in [-0.2, 0) is 16.0 Å². The van der Waals surface area contributed by atoms with Crippen molar-refractivity contribution in [2.75, 3.05) is 32.7 Å². The van der Waals surface area contributed by atoms with Crippen molar-refractivity contribution in [3.05, 3.63) is 35.9 Å². The quantitative estimate of drug-likeness (QED) is 0.816. The Hall–Kier alpha value is -1.88. The van der Waals surface area contributed by atoms with Gasteiger partial charge >= 0.3 is 0 Å². The first kappa shape index (κ1) is 17.9. The van der Waals surface area contributed by atoms with Crippen LogP contribution >= 0.6 is 0 Å². The molecule has 0 bridgehead atoms. The van der Waals surface area contributed by atoms with E-state index < -0.39 is 5.91 Å². The number of nitrogens with zero attached hydrogens (tertiary/aromatic N) is 2. The summed E-state index contributed by atoms with van der Waals surface area (Å²) in [6.07, 6.45) is 2.56. The summed E-state index contributed by atoms with van der Waals surface area (Å²) in [5, 5.41) is 0. The highest BCUT2D eigenvalue weighted by molar-refractivity contribution is 5.84. The van der Waals surface area contributed by atoms with Gasteiger partial charge in [-0.15, -0.1) is 0 Å². The maximum absolute atomic E-state index is 12.3. The van der Waals surface area contributed by atoms with E-state index >= 15 is 0 Å². The minimum atomic E-state index is -0.391. The molecule has 25 heavy (non-hydrogen) atoms. The van der Waals surface area contributed by atoms with Crippen molar-refractivity contribution in [1.29, 1.82) is 0 Å².